The average molecular weight is 428 g/mol. The van der Waals surface area contributed by atoms with Crippen LogP contribution in [0.3, 0.4) is 0 Å². The van der Waals surface area contributed by atoms with Crippen LogP contribution in [0.4, 0.5) is 0 Å². The number of allylic oxidation sites excluding steroid dienone is 1. The van der Waals surface area contributed by atoms with Gasteiger partial charge in [-0.3, -0.25) is 4.31 Å². The molecule has 0 bridgehead atoms. The van der Waals surface area contributed by atoms with Crippen LogP contribution in [-0.4, -0.2) is 32.3 Å². The number of carbonyl (C=O) groups is 1. The van der Waals surface area contributed by atoms with Gasteiger partial charge in [0.05, 0.1) is 17.6 Å². The Bertz CT molecular complexity index is 1060. The van der Waals surface area contributed by atoms with Gasteiger partial charge in [-0.1, -0.05) is 50.6 Å². The molecule has 1 aliphatic rings. The molecule has 0 N–H and O–H groups in total. The average Bonchev–Trinajstić information content (AvgIpc) is 3.13. The third-order valence-electron chi connectivity index (χ3n) is 5.48. The Kier molecular flexibility index (Phi) is 6.09. The fraction of sp³-hybridized carbons (Fsp3) is 0.375. The smallest absolute Gasteiger partial charge is 0.337 e. The molecule has 0 fully saturated rings. The van der Waals surface area contributed by atoms with Crippen molar-refractivity contribution in [2.45, 2.75) is 45.4 Å². The van der Waals surface area contributed by atoms with Gasteiger partial charge in [-0.25, -0.2) is 13.2 Å². The van der Waals surface area contributed by atoms with Crippen molar-refractivity contribution in [1.82, 2.24) is 4.31 Å². The molecule has 30 heavy (non-hydrogen) atoms. The Morgan fingerprint density at radius 1 is 1.03 bits per heavy atom. The predicted octanol–water partition coefficient (Wildman–Crippen LogP) is 4.72. The normalized spacial score (nSPS) is 14.9. The highest BCUT2D eigenvalue weighted by atomic mass is 32.2. The molecule has 0 amide bonds. The summed E-state index contributed by atoms with van der Waals surface area (Å²) in [6, 6.07) is 14.1. The van der Waals surface area contributed by atoms with Gasteiger partial charge in [-0.05, 0) is 54.2 Å². The van der Waals surface area contributed by atoms with Gasteiger partial charge in [0, 0.05) is 18.7 Å². The molecule has 3 rings (SSSR count). The van der Waals surface area contributed by atoms with Crippen molar-refractivity contribution in [1.29, 1.82) is 0 Å². The Morgan fingerprint density at radius 3 is 2.17 bits per heavy atom. The first kappa shape index (κ1) is 22.1. The lowest BCUT2D eigenvalue weighted by Crippen LogP contribution is -2.29. The molecule has 0 unspecified atom stereocenters. The first-order valence-electron chi connectivity index (χ1n) is 10.0. The summed E-state index contributed by atoms with van der Waals surface area (Å²) in [6.07, 6.45) is 1.20. The summed E-state index contributed by atoms with van der Waals surface area (Å²) < 4.78 is 33.2. The molecule has 1 aliphatic heterocycles. The van der Waals surface area contributed by atoms with Gasteiger partial charge in [-0.2, -0.15) is 0 Å². The van der Waals surface area contributed by atoms with Gasteiger partial charge >= 0.3 is 5.97 Å². The van der Waals surface area contributed by atoms with Crippen LogP contribution in [0.5, 0.6) is 0 Å². The van der Waals surface area contributed by atoms with E-state index < -0.39 is 10.0 Å². The molecule has 0 aromatic heterocycles. The molecule has 5 nitrogen and oxygen atoms in total. The van der Waals surface area contributed by atoms with Crippen molar-refractivity contribution in [2.24, 2.45) is 5.41 Å². The maximum absolute atomic E-state index is 13.4. The van der Waals surface area contributed by atoms with E-state index in [1.807, 2.05) is 31.2 Å². The monoisotopic (exact) mass is 427 g/mol. The van der Waals surface area contributed by atoms with Crippen LogP contribution in [0.1, 0.15) is 48.7 Å². The van der Waals surface area contributed by atoms with E-state index in [1.54, 1.807) is 28.6 Å². The van der Waals surface area contributed by atoms with E-state index in [-0.39, 0.29) is 11.4 Å². The van der Waals surface area contributed by atoms with Crippen molar-refractivity contribution in [3.63, 3.8) is 0 Å². The summed E-state index contributed by atoms with van der Waals surface area (Å²) in [7, 11) is -2.29. The number of aryl methyl sites for hydroxylation is 1. The highest BCUT2D eigenvalue weighted by molar-refractivity contribution is 7.89. The summed E-state index contributed by atoms with van der Waals surface area (Å²) in [5.74, 6) is -0.388. The number of methoxy groups -OCH3 is 1. The second-order valence-corrected chi connectivity index (χ2v) is 10.5. The van der Waals surface area contributed by atoms with Crippen LogP contribution < -0.4 is 0 Å². The number of esters is 1. The molecule has 2 aromatic rings. The van der Waals surface area contributed by atoms with E-state index in [1.165, 1.54) is 7.11 Å². The van der Waals surface area contributed by atoms with E-state index in [4.69, 9.17) is 4.74 Å². The van der Waals surface area contributed by atoms with Gasteiger partial charge in [0.25, 0.3) is 10.0 Å². The summed E-state index contributed by atoms with van der Waals surface area (Å²) in [5.41, 5.74) is 4.28. The minimum atomic E-state index is -3.64. The van der Waals surface area contributed by atoms with Gasteiger partial charge in [0.2, 0.25) is 0 Å². The second-order valence-electron chi connectivity index (χ2n) is 8.68. The highest BCUT2D eigenvalue weighted by Gasteiger charge is 2.36. The quantitative estimate of drug-likeness (QED) is 0.648. The number of benzene rings is 2. The van der Waals surface area contributed by atoms with E-state index in [9.17, 15) is 13.2 Å². The molecule has 0 aliphatic carbocycles. The zero-order valence-electron chi connectivity index (χ0n) is 18.2. The molecule has 6 heteroatoms. The number of sulfonamides is 1. The van der Waals surface area contributed by atoms with Crippen LogP contribution in [-0.2, 0) is 21.2 Å². The SMILES string of the molecule is COC(=O)c1ccc(CC2=C(C(C)(C)C)CCN2S(=O)(=O)c2ccc(C)cc2)cc1. The molecule has 0 saturated heterocycles. The molecular formula is C24H29NO4S. The number of nitrogens with zero attached hydrogens (tertiary/aromatic N) is 1. The molecule has 160 valence electrons. The van der Waals surface area contributed by atoms with E-state index in [0.29, 0.717) is 29.8 Å². The fourth-order valence-corrected chi connectivity index (χ4v) is 5.35. The van der Waals surface area contributed by atoms with Gasteiger partial charge in [0.1, 0.15) is 0 Å². The summed E-state index contributed by atoms with van der Waals surface area (Å²) in [4.78, 5) is 12.0. The van der Waals surface area contributed by atoms with E-state index in [0.717, 1.165) is 22.4 Å². The van der Waals surface area contributed by atoms with E-state index >= 15 is 0 Å². The number of hydrogen-bond acceptors (Lipinski definition) is 4. The van der Waals surface area contributed by atoms with Crippen LogP contribution in [0.2, 0.25) is 0 Å². The second kappa shape index (κ2) is 8.26. The maximum Gasteiger partial charge on any atom is 0.337 e. The fourth-order valence-electron chi connectivity index (χ4n) is 3.82. The van der Waals surface area contributed by atoms with E-state index in [2.05, 4.69) is 20.8 Å². The standard InChI is InChI=1S/C24H29NO4S/c1-17-6-12-20(13-7-17)30(27,28)25-15-14-21(24(2,3)4)22(25)16-18-8-10-19(11-9-18)23(26)29-5/h6-13H,14-16H2,1-5H3. The molecular weight excluding hydrogens is 398 g/mol. The highest BCUT2D eigenvalue weighted by Crippen LogP contribution is 2.40. The third-order valence-corrected chi connectivity index (χ3v) is 7.33. The Morgan fingerprint density at radius 2 is 1.63 bits per heavy atom. The first-order chi connectivity index (χ1) is 14.0. The minimum Gasteiger partial charge on any atom is -0.465 e. The third kappa shape index (κ3) is 4.43. The van der Waals surface area contributed by atoms with Crippen LogP contribution in [0, 0.1) is 12.3 Å². The lowest BCUT2D eigenvalue weighted by atomic mass is 9.83. The maximum atomic E-state index is 13.4. The van der Waals surface area contributed by atoms with Gasteiger partial charge in [0.15, 0.2) is 0 Å². The number of ether oxygens (including phenoxy) is 1. The largest absolute Gasteiger partial charge is 0.465 e. The predicted molar refractivity (Wildman–Crippen MR) is 118 cm³/mol. The molecule has 0 saturated carbocycles. The first-order valence-corrected chi connectivity index (χ1v) is 11.5. The molecule has 2 aromatic carbocycles. The summed E-state index contributed by atoms with van der Waals surface area (Å²) in [5, 5.41) is 0. The Hall–Kier alpha value is -2.60. The van der Waals surface area contributed by atoms with Crippen molar-refractivity contribution in [2.75, 3.05) is 13.7 Å². The zero-order chi connectivity index (χ0) is 22.1. The number of hydrogen-bond donors (Lipinski definition) is 0. The van der Waals surface area contributed by atoms with Crippen LogP contribution in [0.15, 0.2) is 64.7 Å². The van der Waals surface area contributed by atoms with Gasteiger partial charge < -0.3 is 4.74 Å². The summed E-state index contributed by atoms with van der Waals surface area (Å²) in [6.45, 7) is 8.73. The molecule has 0 radical (unpaired) electrons. The zero-order valence-corrected chi connectivity index (χ0v) is 19.0. The van der Waals surface area contributed by atoms with Crippen LogP contribution in [0.25, 0.3) is 0 Å². The van der Waals surface area contributed by atoms with Crippen molar-refractivity contribution in [3.05, 3.63) is 76.5 Å². The van der Waals surface area contributed by atoms with Crippen molar-refractivity contribution in [3.8, 4) is 0 Å². The molecule has 1 heterocycles. The lowest BCUT2D eigenvalue weighted by Gasteiger charge is -2.26. The summed E-state index contributed by atoms with van der Waals surface area (Å²) >= 11 is 0. The lowest BCUT2D eigenvalue weighted by molar-refractivity contribution is 0.0600. The van der Waals surface area contributed by atoms with Gasteiger partial charge in [-0.15, -0.1) is 0 Å². The van der Waals surface area contributed by atoms with Crippen LogP contribution >= 0.6 is 0 Å². The minimum absolute atomic E-state index is 0.140. The van der Waals surface area contributed by atoms with Crippen molar-refractivity contribution < 1.29 is 17.9 Å². The number of rotatable bonds is 5. The topological polar surface area (TPSA) is 63.7 Å². The number of carbonyl (C=O) groups excluding carboxylic acids is 1. The Balaban J connectivity index is 2.00. The Labute approximate surface area is 179 Å². The molecule has 0 atom stereocenters. The van der Waals surface area contributed by atoms with Crippen molar-refractivity contribution >= 4 is 16.0 Å². The molecule has 0 spiro atoms.